The van der Waals surface area contributed by atoms with Crippen LogP contribution in [0.25, 0.3) is 0 Å². The first kappa shape index (κ1) is 31.3. The molecule has 2 fully saturated rings. The van der Waals surface area contributed by atoms with Crippen molar-refractivity contribution < 1.29 is 23.1 Å². The molecule has 41 heavy (non-hydrogen) atoms. The zero-order valence-corrected chi connectivity index (χ0v) is 25.6. The van der Waals surface area contributed by atoms with Crippen molar-refractivity contribution in [2.24, 2.45) is 17.8 Å². The minimum atomic E-state index is -3.90. The van der Waals surface area contributed by atoms with Crippen LogP contribution in [0.4, 0.5) is 10.5 Å². The van der Waals surface area contributed by atoms with Crippen molar-refractivity contribution in [2.75, 3.05) is 18.4 Å². The number of nitrogens with zero attached hydrogens (tertiary/aromatic N) is 1. The molecule has 8 nitrogen and oxygen atoms in total. The summed E-state index contributed by atoms with van der Waals surface area (Å²) >= 11 is 0. The quantitative estimate of drug-likeness (QED) is 0.289. The van der Waals surface area contributed by atoms with Crippen molar-refractivity contribution in [3.05, 3.63) is 60.2 Å². The molecule has 2 aromatic rings. The summed E-state index contributed by atoms with van der Waals surface area (Å²) in [5.74, 6) is 1.10. The molecular formula is C32H47N3O5S. The van der Waals surface area contributed by atoms with Gasteiger partial charge in [-0.3, -0.25) is 0 Å². The minimum absolute atomic E-state index is 0.0334. The highest BCUT2D eigenvalue weighted by Crippen LogP contribution is 2.45. The van der Waals surface area contributed by atoms with Crippen LogP contribution in [0.2, 0.25) is 0 Å². The molecule has 2 aliphatic rings. The summed E-state index contributed by atoms with van der Waals surface area (Å²) in [5.41, 5.74) is 1.77. The van der Waals surface area contributed by atoms with Crippen LogP contribution in [0.15, 0.2) is 59.5 Å². The zero-order valence-electron chi connectivity index (χ0n) is 24.8. The van der Waals surface area contributed by atoms with E-state index in [9.17, 15) is 18.3 Å². The molecule has 9 heteroatoms. The number of anilines is 1. The number of fused-ring (bicyclic) bond motifs is 1. The number of benzene rings is 2. The predicted molar refractivity (Wildman–Crippen MR) is 162 cm³/mol. The maximum absolute atomic E-state index is 13.8. The van der Waals surface area contributed by atoms with E-state index in [4.69, 9.17) is 4.74 Å². The van der Waals surface area contributed by atoms with Crippen LogP contribution >= 0.6 is 0 Å². The minimum Gasteiger partial charge on any atom is -0.446 e. The molecule has 0 radical (unpaired) electrons. The number of sulfonamides is 1. The fourth-order valence-corrected chi connectivity index (χ4v) is 7.97. The highest BCUT2D eigenvalue weighted by atomic mass is 32.2. The summed E-state index contributed by atoms with van der Waals surface area (Å²) in [5, 5.41) is 17.7. The summed E-state index contributed by atoms with van der Waals surface area (Å²) in [6.07, 6.45) is 4.00. The SMILES string of the molecule is CC(C)CN(C[C@@H](O)[C@H](Cc1ccccc1)NC(=O)O[C@H]1CC[C@H]2CCC[C@H]21)S(=O)(=O)c1ccc(NC(C)C)cc1. The van der Waals surface area contributed by atoms with Gasteiger partial charge in [0.05, 0.1) is 17.0 Å². The summed E-state index contributed by atoms with van der Waals surface area (Å²) in [6.45, 7) is 8.01. The highest BCUT2D eigenvalue weighted by molar-refractivity contribution is 7.89. The van der Waals surface area contributed by atoms with Gasteiger partial charge in [-0.05, 0) is 87.1 Å². The molecule has 2 saturated carbocycles. The fourth-order valence-electron chi connectivity index (χ4n) is 6.35. The summed E-state index contributed by atoms with van der Waals surface area (Å²) in [4.78, 5) is 13.3. The maximum atomic E-state index is 13.8. The van der Waals surface area contributed by atoms with Gasteiger partial charge in [0.1, 0.15) is 6.10 Å². The second-order valence-corrected chi connectivity index (χ2v) is 14.4. The lowest BCUT2D eigenvalue weighted by molar-refractivity contribution is 0.0557. The second kappa shape index (κ2) is 14.0. The van der Waals surface area contributed by atoms with Crippen LogP contribution in [0, 0.1) is 17.8 Å². The topological polar surface area (TPSA) is 108 Å². The van der Waals surface area contributed by atoms with E-state index in [1.807, 2.05) is 58.0 Å². The van der Waals surface area contributed by atoms with Gasteiger partial charge in [-0.15, -0.1) is 0 Å². The highest BCUT2D eigenvalue weighted by Gasteiger charge is 2.41. The Kier molecular flexibility index (Phi) is 10.7. The number of rotatable bonds is 13. The molecule has 0 aromatic heterocycles. The first-order valence-electron chi connectivity index (χ1n) is 15.1. The molecule has 0 saturated heterocycles. The van der Waals surface area contributed by atoms with Gasteiger partial charge in [-0.25, -0.2) is 13.2 Å². The van der Waals surface area contributed by atoms with Crippen LogP contribution in [0.1, 0.15) is 65.4 Å². The van der Waals surface area contributed by atoms with E-state index in [0.717, 1.165) is 30.5 Å². The van der Waals surface area contributed by atoms with Crippen LogP contribution in [-0.2, 0) is 21.2 Å². The van der Waals surface area contributed by atoms with Crippen molar-refractivity contribution in [3.63, 3.8) is 0 Å². The largest absolute Gasteiger partial charge is 0.446 e. The van der Waals surface area contributed by atoms with Gasteiger partial charge in [0.15, 0.2) is 0 Å². The van der Waals surface area contributed by atoms with Gasteiger partial charge in [-0.2, -0.15) is 4.31 Å². The molecule has 226 valence electrons. The Morgan fingerprint density at radius 1 is 0.976 bits per heavy atom. The molecule has 4 rings (SSSR count). The zero-order chi connectivity index (χ0) is 29.6. The Morgan fingerprint density at radius 2 is 1.68 bits per heavy atom. The van der Waals surface area contributed by atoms with E-state index in [1.54, 1.807) is 24.3 Å². The lowest BCUT2D eigenvalue weighted by Crippen LogP contribution is -2.51. The monoisotopic (exact) mass is 585 g/mol. The first-order chi connectivity index (χ1) is 19.5. The molecule has 0 spiro atoms. The number of amides is 1. The van der Waals surface area contributed by atoms with E-state index in [-0.39, 0.29) is 36.0 Å². The van der Waals surface area contributed by atoms with Crippen molar-refractivity contribution in [1.29, 1.82) is 0 Å². The number of carbonyl (C=O) groups excluding carboxylic acids is 1. The molecule has 0 bridgehead atoms. The Balaban J connectivity index is 1.50. The van der Waals surface area contributed by atoms with E-state index in [2.05, 4.69) is 10.6 Å². The van der Waals surface area contributed by atoms with E-state index < -0.39 is 28.3 Å². The molecule has 5 atom stereocenters. The molecule has 0 heterocycles. The number of aliphatic hydroxyl groups excluding tert-OH is 1. The Labute approximate surface area is 245 Å². The Bertz CT molecular complexity index is 1220. The molecule has 1 amide bonds. The number of alkyl carbamates (subject to hydrolysis) is 1. The molecule has 0 unspecified atom stereocenters. The predicted octanol–water partition coefficient (Wildman–Crippen LogP) is 5.43. The lowest BCUT2D eigenvalue weighted by atomic mass is 9.99. The van der Waals surface area contributed by atoms with E-state index in [1.165, 1.54) is 17.1 Å². The first-order valence-corrected chi connectivity index (χ1v) is 16.5. The number of hydrogen-bond acceptors (Lipinski definition) is 6. The van der Waals surface area contributed by atoms with Gasteiger partial charge in [0.25, 0.3) is 0 Å². The van der Waals surface area contributed by atoms with Gasteiger partial charge >= 0.3 is 6.09 Å². The molecule has 2 aliphatic carbocycles. The van der Waals surface area contributed by atoms with Crippen LogP contribution in [0.3, 0.4) is 0 Å². The second-order valence-electron chi connectivity index (χ2n) is 12.4. The molecule has 2 aromatic carbocycles. The van der Waals surface area contributed by atoms with Crippen LogP contribution in [-0.4, -0.2) is 61.3 Å². The third-order valence-corrected chi connectivity index (χ3v) is 10.1. The van der Waals surface area contributed by atoms with Gasteiger partial charge in [0, 0.05) is 24.8 Å². The van der Waals surface area contributed by atoms with Gasteiger partial charge < -0.3 is 20.5 Å². The Hall–Kier alpha value is -2.62. The van der Waals surface area contributed by atoms with Crippen molar-refractivity contribution in [1.82, 2.24) is 9.62 Å². The maximum Gasteiger partial charge on any atom is 0.407 e. The standard InChI is InChI=1S/C32H47N3O5S/c1-22(2)20-35(41(38,39)27-16-14-26(15-17-27)33-23(3)4)21-30(36)29(19-24-9-6-5-7-10-24)34-32(37)40-31-18-13-25-11-8-12-28(25)31/h5-7,9-10,14-17,22-23,25,28-31,33,36H,8,11-13,18-21H2,1-4H3,(H,34,37)/t25-,28-,29+,30-,31+/m1/s1. The number of ether oxygens (including phenoxy) is 1. The fraction of sp³-hybridized carbons (Fsp3) is 0.594. The summed E-state index contributed by atoms with van der Waals surface area (Å²) in [7, 11) is -3.90. The Morgan fingerprint density at radius 3 is 2.34 bits per heavy atom. The number of aliphatic hydroxyl groups is 1. The summed E-state index contributed by atoms with van der Waals surface area (Å²) in [6, 6.07) is 15.8. The van der Waals surface area contributed by atoms with E-state index in [0.29, 0.717) is 18.3 Å². The number of carbonyl (C=O) groups is 1. The van der Waals surface area contributed by atoms with Crippen molar-refractivity contribution >= 4 is 21.8 Å². The number of nitrogens with one attached hydrogen (secondary N) is 2. The van der Waals surface area contributed by atoms with Gasteiger partial charge in [0.2, 0.25) is 10.0 Å². The normalized spacial score (nSPS) is 22.1. The lowest BCUT2D eigenvalue weighted by Gasteiger charge is -2.31. The van der Waals surface area contributed by atoms with Crippen molar-refractivity contribution in [2.45, 2.75) is 95.4 Å². The molecule has 3 N–H and O–H groups in total. The third-order valence-electron chi connectivity index (χ3n) is 8.25. The number of hydrogen-bond donors (Lipinski definition) is 3. The third kappa shape index (κ3) is 8.46. The summed E-state index contributed by atoms with van der Waals surface area (Å²) < 4.78 is 34.7. The van der Waals surface area contributed by atoms with Crippen molar-refractivity contribution in [3.8, 4) is 0 Å². The molecular weight excluding hydrogens is 538 g/mol. The smallest absolute Gasteiger partial charge is 0.407 e. The van der Waals surface area contributed by atoms with Crippen LogP contribution in [0.5, 0.6) is 0 Å². The average molecular weight is 586 g/mol. The van der Waals surface area contributed by atoms with Crippen LogP contribution < -0.4 is 10.6 Å². The van der Waals surface area contributed by atoms with Gasteiger partial charge in [-0.1, -0.05) is 57.0 Å². The van der Waals surface area contributed by atoms with E-state index >= 15 is 0 Å². The average Bonchev–Trinajstić information content (AvgIpc) is 3.53. The molecule has 0 aliphatic heterocycles.